The maximum Gasteiger partial charge on any atom is 0.263 e. The van der Waals surface area contributed by atoms with Crippen molar-refractivity contribution in [2.24, 2.45) is 0 Å². The minimum atomic E-state index is -0.00267. The molecule has 0 saturated heterocycles. The molecule has 1 aromatic heterocycles. The van der Waals surface area contributed by atoms with Gasteiger partial charge in [0.25, 0.3) is 5.56 Å². The number of fused-ring (bicyclic) bond motifs is 5. The Hall–Kier alpha value is -4.28. The van der Waals surface area contributed by atoms with Gasteiger partial charge in [-0.05, 0) is 66.0 Å². The molecule has 0 spiro atoms. The van der Waals surface area contributed by atoms with E-state index in [9.17, 15) is 4.79 Å². The summed E-state index contributed by atoms with van der Waals surface area (Å²) in [6.45, 7) is 0. The van der Waals surface area contributed by atoms with E-state index in [0.29, 0.717) is 0 Å². The highest BCUT2D eigenvalue weighted by molar-refractivity contribution is 7.99. The molecule has 1 aliphatic heterocycles. The summed E-state index contributed by atoms with van der Waals surface area (Å²) in [6.07, 6.45) is 0. The van der Waals surface area contributed by atoms with Crippen LogP contribution in [0.5, 0.6) is 0 Å². The minimum Gasteiger partial charge on any atom is -0.308 e. The zero-order valence-corrected chi connectivity index (χ0v) is 19.6. The van der Waals surface area contributed by atoms with E-state index in [2.05, 4.69) is 71.6 Å². The molecular formula is C31H20N2OS. The van der Waals surface area contributed by atoms with E-state index in [1.165, 1.54) is 9.79 Å². The second-order valence-corrected chi connectivity index (χ2v) is 9.68. The van der Waals surface area contributed by atoms with Crippen molar-refractivity contribution in [3.8, 4) is 5.69 Å². The third-order valence-electron chi connectivity index (χ3n) is 6.58. The number of para-hydroxylation sites is 3. The number of nitrogens with zero attached hydrogens (tertiary/aromatic N) is 2. The van der Waals surface area contributed by atoms with E-state index >= 15 is 0 Å². The number of benzene rings is 5. The van der Waals surface area contributed by atoms with Crippen molar-refractivity contribution < 1.29 is 0 Å². The molecule has 4 heteroatoms. The van der Waals surface area contributed by atoms with Crippen LogP contribution >= 0.6 is 11.8 Å². The van der Waals surface area contributed by atoms with Gasteiger partial charge in [0.1, 0.15) is 0 Å². The number of anilines is 3. The van der Waals surface area contributed by atoms with Gasteiger partial charge in [-0.2, -0.15) is 0 Å². The van der Waals surface area contributed by atoms with Crippen molar-refractivity contribution in [1.29, 1.82) is 0 Å². The predicted molar refractivity (Wildman–Crippen MR) is 146 cm³/mol. The molecule has 0 N–H and O–H groups in total. The van der Waals surface area contributed by atoms with E-state index in [-0.39, 0.29) is 5.56 Å². The highest BCUT2D eigenvalue weighted by atomic mass is 32.2. The van der Waals surface area contributed by atoms with E-state index in [0.717, 1.165) is 44.4 Å². The lowest BCUT2D eigenvalue weighted by Gasteiger charge is -2.33. The fourth-order valence-electron chi connectivity index (χ4n) is 5.02. The summed E-state index contributed by atoms with van der Waals surface area (Å²) in [5.41, 5.74) is 5.16. The van der Waals surface area contributed by atoms with Crippen LogP contribution in [0.15, 0.2) is 136 Å². The van der Waals surface area contributed by atoms with Crippen molar-refractivity contribution in [2.45, 2.75) is 9.79 Å². The van der Waals surface area contributed by atoms with Crippen molar-refractivity contribution in [2.75, 3.05) is 4.90 Å². The van der Waals surface area contributed by atoms with Gasteiger partial charge in [-0.3, -0.25) is 9.36 Å². The first-order valence-corrected chi connectivity index (χ1v) is 12.4. The first-order valence-electron chi connectivity index (χ1n) is 11.6. The van der Waals surface area contributed by atoms with Crippen LogP contribution in [0, 0.1) is 0 Å². The number of pyridine rings is 1. The molecule has 35 heavy (non-hydrogen) atoms. The number of aromatic nitrogens is 1. The van der Waals surface area contributed by atoms with Crippen LogP contribution in [-0.4, -0.2) is 4.57 Å². The smallest absolute Gasteiger partial charge is 0.263 e. The molecule has 0 radical (unpaired) electrons. The van der Waals surface area contributed by atoms with Crippen LogP contribution in [0.1, 0.15) is 0 Å². The largest absolute Gasteiger partial charge is 0.308 e. The molecule has 3 nitrogen and oxygen atoms in total. The molecule has 6 aromatic rings. The van der Waals surface area contributed by atoms with Gasteiger partial charge in [-0.25, -0.2) is 0 Å². The van der Waals surface area contributed by atoms with Gasteiger partial charge in [-0.15, -0.1) is 0 Å². The van der Waals surface area contributed by atoms with E-state index in [4.69, 9.17) is 0 Å². The highest BCUT2D eigenvalue weighted by Crippen LogP contribution is 2.51. The molecule has 0 saturated carbocycles. The van der Waals surface area contributed by atoms with Crippen LogP contribution in [0.4, 0.5) is 17.1 Å². The van der Waals surface area contributed by atoms with Gasteiger partial charge < -0.3 is 4.90 Å². The zero-order chi connectivity index (χ0) is 23.4. The molecule has 166 valence electrons. The van der Waals surface area contributed by atoms with Crippen LogP contribution in [0.3, 0.4) is 0 Å². The third-order valence-corrected chi connectivity index (χ3v) is 7.71. The standard InChI is InChI=1S/C31H20N2OS/c34-31-24-13-5-4-12-23(24)25-20-22(18-19-26(25)33(31)21-10-2-1-3-11-21)32-27-14-6-8-16-29(27)35-30-17-9-7-15-28(30)32/h1-20H. The Morgan fingerprint density at radius 2 is 1.11 bits per heavy atom. The molecule has 0 unspecified atom stereocenters. The normalized spacial score (nSPS) is 12.5. The van der Waals surface area contributed by atoms with E-state index in [1.54, 1.807) is 11.8 Å². The van der Waals surface area contributed by atoms with Crippen molar-refractivity contribution >= 4 is 50.5 Å². The van der Waals surface area contributed by atoms with Crippen LogP contribution in [0.2, 0.25) is 0 Å². The quantitative estimate of drug-likeness (QED) is 0.240. The molecule has 7 rings (SSSR count). The highest BCUT2D eigenvalue weighted by Gasteiger charge is 2.25. The molecule has 5 aromatic carbocycles. The lowest BCUT2D eigenvalue weighted by molar-refractivity contribution is 1.06. The van der Waals surface area contributed by atoms with Gasteiger partial charge in [0.2, 0.25) is 0 Å². The molecule has 0 fully saturated rings. The van der Waals surface area contributed by atoms with Crippen LogP contribution in [-0.2, 0) is 0 Å². The first kappa shape index (κ1) is 20.1. The Balaban J connectivity index is 1.56. The lowest BCUT2D eigenvalue weighted by Crippen LogP contribution is -2.19. The number of hydrogen-bond donors (Lipinski definition) is 0. The van der Waals surface area contributed by atoms with Crippen LogP contribution in [0.25, 0.3) is 27.4 Å². The molecule has 2 heterocycles. The molecular weight excluding hydrogens is 448 g/mol. The number of rotatable bonds is 2. The van der Waals surface area contributed by atoms with E-state index < -0.39 is 0 Å². The summed E-state index contributed by atoms with van der Waals surface area (Å²) in [5.74, 6) is 0. The maximum absolute atomic E-state index is 13.6. The minimum absolute atomic E-state index is 0.00267. The third kappa shape index (κ3) is 3.11. The Morgan fingerprint density at radius 1 is 0.514 bits per heavy atom. The second kappa shape index (κ2) is 7.90. The molecule has 0 aliphatic carbocycles. The fourth-order valence-corrected chi connectivity index (χ4v) is 6.08. The molecule has 0 atom stereocenters. The van der Waals surface area contributed by atoms with Crippen molar-refractivity contribution in [3.63, 3.8) is 0 Å². The van der Waals surface area contributed by atoms with Crippen LogP contribution < -0.4 is 10.5 Å². The van der Waals surface area contributed by atoms with Gasteiger partial charge in [0.05, 0.1) is 16.9 Å². The monoisotopic (exact) mass is 468 g/mol. The Bertz CT molecular complexity index is 1760. The average molecular weight is 469 g/mol. The second-order valence-electron chi connectivity index (χ2n) is 8.60. The first-order chi connectivity index (χ1) is 17.3. The maximum atomic E-state index is 13.6. The zero-order valence-electron chi connectivity index (χ0n) is 18.8. The Morgan fingerprint density at radius 3 is 1.83 bits per heavy atom. The summed E-state index contributed by atoms with van der Waals surface area (Å²) < 4.78 is 1.83. The predicted octanol–water partition coefficient (Wildman–Crippen LogP) is 8.08. The van der Waals surface area contributed by atoms with E-state index in [1.807, 2.05) is 59.2 Å². The Labute approximate surface area is 206 Å². The molecule has 0 amide bonds. The molecule has 0 bridgehead atoms. The van der Waals surface area contributed by atoms with Gasteiger partial charge >= 0.3 is 0 Å². The fraction of sp³-hybridized carbons (Fsp3) is 0. The van der Waals surface area contributed by atoms with Gasteiger partial charge in [0.15, 0.2) is 0 Å². The summed E-state index contributed by atoms with van der Waals surface area (Å²) in [6, 6.07) is 41.3. The summed E-state index contributed by atoms with van der Waals surface area (Å²) in [7, 11) is 0. The average Bonchev–Trinajstić information content (AvgIpc) is 2.92. The Kier molecular flexibility index (Phi) is 4.54. The topological polar surface area (TPSA) is 25.2 Å². The van der Waals surface area contributed by atoms with Crippen molar-refractivity contribution in [1.82, 2.24) is 4.57 Å². The summed E-state index contributed by atoms with van der Waals surface area (Å²) >= 11 is 1.80. The molecule has 1 aliphatic rings. The summed E-state index contributed by atoms with van der Waals surface area (Å²) in [4.78, 5) is 18.4. The van der Waals surface area contributed by atoms with Gasteiger partial charge in [-0.1, -0.05) is 72.4 Å². The van der Waals surface area contributed by atoms with Crippen molar-refractivity contribution in [3.05, 3.63) is 132 Å². The number of hydrogen-bond acceptors (Lipinski definition) is 3. The SMILES string of the molecule is O=c1c2ccccc2c2cc(N3c4ccccc4Sc4ccccc43)ccc2n1-c1ccccc1. The lowest BCUT2D eigenvalue weighted by atomic mass is 10.0. The summed E-state index contributed by atoms with van der Waals surface area (Å²) in [5, 5.41) is 2.74. The van der Waals surface area contributed by atoms with Gasteiger partial charge in [0, 0.05) is 31.9 Å².